The van der Waals surface area contributed by atoms with Gasteiger partial charge >= 0.3 is 0 Å². The third-order valence-corrected chi connectivity index (χ3v) is 4.75. The molecular formula is C20H43NO3. The predicted octanol–water partition coefficient (Wildman–Crippen LogP) is 5.30. The highest BCUT2D eigenvalue weighted by atomic mass is 16.5. The maximum Gasteiger partial charge on any atom is 0.151 e. The quantitative estimate of drug-likeness (QED) is 0.137. The molecule has 0 aliphatic rings. The van der Waals surface area contributed by atoms with Gasteiger partial charge in [0.1, 0.15) is 0 Å². The normalized spacial score (nSPS) is 11.5. The highest BCUT2D eigenvalue weighted by Gasteiger charge is 1.97. The smallest absolute Gasteiger partial charge is 0.151 e. The van der Waals surface area contributed by atoms with Crippen LogP contribution in [0.1, 0.15) is 116 Å². The molecule has 0 aliphatic carbocycles. The first-order valence-electron chi connectivity index (χ1n) is 10.5. The van der Waals surface area contributed by atoms with Crippen molar-refractivity contribution in [2.45, 2.75) is 122 Å². The zero-order valence-corrected chi connectivity index (χ0v) is 15.9. The van der Waals surface area contributed by atoms with Gasteiger partial charge in [-0.15, -0.1) is 0 Å². The summed E-state index contributed by atoms with van der Waals surface area (Å²) in [5.41, 5.74) is 2.21. The SMILES string of the molecule is ONCCCCCCCCCCCCCCCCCCCC(O)O. The Kier molecular flexibility index (Phi) is 20.7. The van der Waals surface area contributed by atoms with Crippen molar-refractivity contribution in [1.29, 1.82) is 0 Å². The summed E-state index contributed by atoms with van der Waals surface area (Å²) in [4.78, 5) is 0. The molecule has 0 amide bonds. The van der Waals surface area contributed by atoms with E-state index in [4.69, 9.17) is 15.4 Å². The van der Waals surface area contributed by atoms with Crippen molar-refractivity contribution in [3.63, 3.8) is 0 Å². The van der Waals surface area contributed by atoms with Crippen LogP contribution in [0.4, 0.5) is 0 Å². The summed E-state index contributed by atoms with van der Waals surface area (Å²) in [7, 11) is 0. The summed E-state index contributed by atoms with van der Waals surface area (Å²) in [5.74, 6) is 0. The van der Waals surface area contributed by atoms with Crippen molar-refractivity contribution >= 4 is 0 Å². The molecule has 0 aromatic rings. The topological polar surface area (TPSA) is 72.7 Å². The van der Waals surface area contributed by atoms with Crippen LogP contribution in [-0.4, -0.2) is 28.3 Å². The van der Waals surface area contributed by atoms with Crippen LogP contribution in [0.25, 0.3) is 0 Å². The molecule has 0 heterocycles. The van der Waals surface area contributed by atoms with E-state index < -0.39 is 6.29 Å². The van der Waals surface area contributed by atoms with Crippen molar-refractivity contribution < 1.29 is 15.4 Å². The lowest BCUT2D eigenvalue weighted by atomic mass is 10.0. The maximum atomic E-state index is 8.74. The maximum absolute atomic E-state index is 8.74. The van der Waals surface area contributed by atoms with Crippen LogP contribution in [-0.2, 0) is 0 Å². The Morgan fingerprint density at radius 1 is 0.458 bits per heavy atom. The first-order valence-corrected chi connectivity index (χ1v) is 10.5. The molecule has 24 heavy (non-hydrogen) atoms. The van der Waals surface area contributed by atoms with Crippen molar-refractivity contribution in [1.82, 2.24) is 5.48 Å². The minimum atomic E-state index is -1.11. The summed E-state index contributed by atoms with van der Waals surface area (Å²) in [6, 6.07) is 0. The van der Waals surface area contributed by atoms with E-state index in [1.807, 2.05) is 0 Å². The second kappa shape index (κ2) is 20.9. The fraction of sp³-hybridized carbons (Fsp3) is 1.00. The molecule has 0 spiro atoms. The number of aliphatic hydroxyl groups excluding tert-OH is 1. The number of hydrogen-bond donors (Lipinski definition) is 4. The summed E-state index contributed by atoms with van der Waals surface area (Å²) < 4.78 is 0. The van der Waals surface area contributed by atoms with Gasteiger partial charge in [-0.05, 0) is 19.3 Å². The van der Waals surface area contributed by atoms with E-state index in [2.05, 4.69) is 5.48 Å². The van der Waals surface area contributed by atoms with Gasteiger partial charge in [0.05, 0.1) is 0 Å². The Hall–Kier alpha value is -0.160. The number of nitrogens with one attached hydrogen (secondary N) is 1. The second-order valence-electron chi connectivity index (χ2n) is 7.19. The average molecular weight is 346 g/mol. The number of aliphatic hydroxyl groups is 2. The van der Waals surface area contributed by atoms with Gasteiger partial charge in [0.15, 0.2) is 6.29 Å². The van der Waals surface area contributed by atoms with Gasteiger partial charge < -0.3 is 15.4 Å². The van der Waals surface area contributed by atoms with Crippen LogP contribution in [0.15, 0.2) is 0 Å². The number of unbranched alkanes of at least 4 members (excludes halogenated alkanes) is 16. The molecule has 4 nitrogen and oxygen atoms in total. The van der Waals surface area contributed by atoms with E-state index in [0.717, 1.165) is 25.8 Å². The van der Waals surface area contributed by atoms with Crippen LogP contribution < -0.4 is 5.48 Å². The van der Waals surface area contributed by atoms with Gasteiger partial charge in [0, 0.05) is 6.54 Å². The van der Waals surface area contributed by atoms with Crippen molar-refractivity contribution in [3.05, 3.63) is 0 Å². The summed E-state index contributed by atoms with van der Waals surface area (Å²) in [6.45, 7) is 0.730. The lowest BCUT2D eigenvalue weighted by Gasteiger charge is -2.04. The minimum Gasteiger partial charge on any atom is -0.368 e. The Bertz CT molecular complexity index is 225. The zero-order chi connectivity index (χ0) is 17.7. The van der Waals surface area contributed by atoms with E-state index >= 15 is 0 Å². The molecule has 0 fully saturated rings. The molecule has 0 rings (SSSR count). The Labute approximate surface area is 150 Å². The molecule has 0 saturated heterocycles. The first-order chi connectivity index (χ1) is 11.8. The van der Waals surface area contributed by atoms with Crippen LogP contribution in [0.3, 0.4) is 0 Å². The number of rotatable bonds is 20. The highest BCUT2D eigenvalue weighted by molar-refractivity contribution is 4.51. The molecule has 0 saturated carbocycles. The Morgan fingerprint density at radius 3 is 1.04 bits per heavy atom. The fourth-order valence-corrected chi connectivity index (χ4v) is 3.18. The number of hydrogen-bond acceptors (Lipinski definition) is 4. The van der Waals surface area contributed by atoms with E-state index in [9.17, 15) is 0 Å². The monoisotopic (exact) mass is 345 g/mol. The molecule has 0 unspecified atom stereocenters. The standard InChI is InChI=1S/C20H43NO3/c22-20(23)18-16-14-12-10-8-6-4-2-1-3-5-7-9-11-13-15-17-19-21-24/h20-24H,1-19H2. The molecule has 0 atom stereocenters. The Balaban J connectivity index is 2.95. The molecule has 4 N–H and O–H groups in total. The summed E-state index contributed by atoms with van der Waals surface area (Å²) in [6.07, 6.45) is 21.5. The molecule has 0 aromatic heterocycles. The Morgan fingerprint density at radius 2 is 0.750 bits per heavy atom. The van der Waals surface area contributed by atoms with Crippen LogP contribution in [0, 0.1) is 0 Å². The molecule has 0 aliphatic heterocycles. The van der Waals surface area contributed by atoms with Gasteiger partial charge in [-0.1, -0.05) is 96.3 Å². The van der Waals surface area contributed by atoms with E-state index in [0.29, 0.717) is 6.42 Å². The van der Waals surface area contributed by atoms with Crippen molar-refractivity contribution in [2.24, 2.45) is 0 Å². The van der Waals surface area contributed by atoms with E-state index in [1.54, 1.807) is 0 Å². The lowest BCUT2D eigenvalue weighted by molar-refractivity contribution is -0.0466. The fourth-order valence-electron chi connectivity index (χ4n) is 3.18. The van der Waals surface area contributed by atoms with Gasteiger partial charge in [-0.25, -0.2) is 5.48 Å². The second-order valence-corrected chi connectivity index (χ2v) is 7.19. The highest BCUT2D eigenvalue weighted by Crippen LogP contribution is 2.14. The molecular weight excluding hydrogens is 302 g/mol. The van der Waals surface area contributed by atoms with E-state index in [1.165, 1.54) is 89.9 Å². The molecule has 0 aromatic carbocycles. The van der Waals surface area contributed by atoms with Crippen LogP contribution in [0.5, 0.6) is 0 Å². The van der Waals surface area contributed by atoms with Crippen LogP contribution >= 0.6 is 0 Å². The van der Waals surface area contributed by atoms with Gasteiger partial charge in [0.2, 0.25) is 0 Å². The first kappa shape index (κ1) is 23.8. The summed E-state index contributed by atoms with van der Waals surface area (Å²) in [5, 5.41) is 25.9. The van der Waals surface area contributed by atoms with Gasteiger partial charge in [-0.2, -0.15) is 0 Å². The third-order valence-electron chi connectivity index (χ3n) is 4.75. The van der Waals surface area contributed by atoms with E-state index in [-0.39, 0.29) is 0 Å². The molecule has 4 heteroatoms. The average Bonchev–Trinajstić information content (AvgIpc) is 2.56. The summed E-state index contributed by atoms with van der Waals surface area (Å²) >= 11 is 0. The predicted molar refractivity (Wildman–Crippen MR) is 101 cm³/mol. The lowest BCUT2D eigenvalue weighted by Crippen LogP contribution is -2.07. The minimum absolute atomic E-state index is 0.529. The van der Waals surface area contributed by atoms with Gasteiger partial charge in [0.25, 0.3) is 0 Å². The molecule has 146 valence electrons. The largest absolute Gasteiger partial charge is 0.368 e. The zero-order valence-electron chi connectivity index (χ0n) is 15.9. The molecule has 0 bridgehead atoms. The number of hydroxylamine groups is 1. The van der Waals surface area contributed by atoms with Gasteiger partial charge in [-0.3, -0.25) is 0 Å². The third kappa shape index (κ3) is 21.8. The van der Waals surface area contributed by atoms with Crippen molar-refractivity contribution in [3.8, 4) is 0 Å². The van der Waals surface area contributed by atoms with Crippen LogP contribution in [0.2, 0.25) is 0 Å². The molecule has 0 radical (unpaired) electrons. The van der Waals surface area contributed by atoms with Crippen molar-refractivity contribution in [2.75, 3.05) is 6.54 Å².